The quantitative estimate of drug-likeness (QED) is 0.748. The van der Waals surface area contributed by atoms with Gasteiger partial charge in [-0.25, -0.2) is 9.59 Å². The summed E-state index contributed by atoms with van der Waals surface area (Å²) in [6.07, 6.45) is -4.30. The van der Waals surface area contributed by atoms with Gasteiger partial charge in [0.05, 0.1) is 7.11 Å². The normalized spacial score (nSPS) is 27.0. The summed E-state index contributed by atoms with van der Waals surface area (Å²) in [6.45, 7) is 0. The molecule has 1 atom stereocenters. The predicted octanol–water partition coefficient (Wildman–Crippen LogP) is 1.10. The minimum Gasteiger partial charge on any atom is -0.453 e. The van der Waals surface area contributed by atoms with Crippen LogP contribution in [0.3, 0.4) is 0 Å². The summed E-state index contributed by atoms with van der Waals surface area (Å²) >= 11 is 0. The molecule has 1 aliphatic heterocycles. The molecular formula is C11H14F3N3O4. The van der Waals surface area contributed by atoms with E-state index in [-0.39, 0.29) is 0 Å². The second-order valence-corrected chi connectivity index (χ2v) is 4.91. The number of alkyl halides is 3. The number of rotatable bonds is 2. The summed E-state index contributed by atoms with van der Waals surface area (Å²) in [5, 5.41) is 2.96. The first-order chi connectivity index (χ1) is 9.73. The van der Waals surface area contributed by atoms with Gasteiger partial charge in [-0.05, 0) is 12.8 Å². The number of halogens is 3. The molecule has 2 N–H and O–H groups in total. The zero-order valence-corrected chi connectivity index (χ0v) is 11.1. The maximum atomic E-state index is 13.3. The second kappa shape index (κ2) is 5.08. The van der Waals surface area contributed by atoms with E-state index in [0.717, 1.165) is 20.0 Å². The number of alkyl carbamates (subject to hydrolysis) is 1. The van der Waals surface area contributed by atoms with Gasteiger partial charge in [-0.3, -0.25) is 20.3 Å². The summed E-state index contributed by atoms with van der Waals surface area (Å²) in [5.41, 5.74) is -3.47. The van der Waals surface area contributed by atoms with Crippen molar-refractivity contribution in [3.05, 3.63) is 0 Å². The molecule has 4 amide bonds. The van der Waals surface area contributed by atoms with Gasteiger partial charge in [-0.2, -0.15) is 13.2 Å². The maximum absolute atomic E-state index is 13.3. The lowest BCUT2D eigenvalue weighted by atomic mass is 10.1. The Morgan fingerprint density at radius 1 is 1.38 bits per heavy atom. The van der Waals surface area contributed by atoms with Gasteiger partial charge in [0.25, 0.3) is 11.6 Å². The molecule has 1 saturated heterocycles. The largest absolute Gasteiger partial charge is 0.453 e. The van der Waals surface area contributed by atoms with Gasteiger partial charge < -0.3 is 4.74 Å². The number of ether oxygens (including phenoxy) is 1. The van der Waals surface area contributed by atoms with E-state index in [1.807, 2.05) is 0 Å². The minimum absolute atomic E-state index is 0.450. The van der Waals surface area contributed by atoms with Gasteiger partial charge in [0.2, 0.25) is 0 Å². The van der Waals surface area contributed by atoms with Gasteiger partial charge in [0, 0.05) is 6.04 Å². The van der Waals surface area contributed by atoms with E-state index in [1.54, 1.807) is 5.32 Å². The third kappa shape index (κ3) is 2.38. The summed E-state index contributed by atoms with van der Waals surface area (Å²) in [5.74, 6) is -1.53. The number of methoxy groups -OCH3 is 1. The summed E-state index contributed by atoms with van der Waals surface area (Å²) in [6, 6.07) is -1.75. The zero-order valence-electron chi connectivity index (χ0n) is 11.1. The molecular weight excluding hydrogens is 295 g/mol. The Morgan fingerprint density at radius 2 is 1.95 bits per heavy atom. The van der Waals surface area contributed by atoms with E-state index in [9.17, 15) is 27.6 Å². The fourth-order valence-electron chi connectivity index (χ4n) is 2.59. The number of carbonyl (C=O) groups is 3. The first-order valence-electron chi connectivity index (χ1n) is 6.31. The molecule has 2 rings (SSSR count). The van der Waals surface area contributed by atoms with E-state index >= 15 is 0 Å². The Hall–Kier alpha value is -2.00. The lowest BCUT2D eigenvalue weighted by molar-refractivity contribution is -0.201. The highest BCUT2D eigenvalue weighted by molar-refractivity contribution is 6.08. The molecule has 2 aliphatic rings. The highest BCUT2D eigenvalue weighted by atomic mass is 19.4. The topological polar surface area (TPSA) is 87.7 Å². The monoisotopic (exact) mass is 309 g/mol. The van der Waals surface area contributed by atoms with Crippen LogP contribution >= 0.6 is 0 Å². The number of imide groups is 1. The van der Waals surface area contributed by atoms with Crippen molar-refractivity contribution in [3.8, 4) is 0 Å². The summed E-state index contributed by atoms with van der Waals surface area (Å²) in [4.78, 5) is 35.7. The molecule has 21 heavy (non-hydrogen) atoms. The zero-order chi connectivity index (χ0) is 15.8. The molecule has 0 radical (unpaired) electrons. The molecule has 0 aromatic carbocycles. The van der Waals surface area contributed by atoms with Crippen LogP contribution in [-0.2, 0) is 9.53 Å². The lowest BCUT2D eigenvalue weighted by Gasteiger charge is -2.29. The van der Waals surface area contributed by atoms with Crippen molar-refractivity contribution in [2.24, 2.45) is 0 Å². The van der Waals surface area contributed by atoms with E-state index < -0.39 is 35.9 Å². The fraction of sp³-hybridized carbons (Fsp3) is 0.727. The van der Waals surface area contributed by atoms with Crippen LogP contribution < -0.4 is 10.6 Å². The Labute approximate surface area is 117 Å². The van der Waals surface area contributed by atoms with Crippen molar-refractivity contribution < 1.29 is 32.3 Å². The maximum Gasteiger partial charge on any atom is 0.440 e. The van der Waals surface area contributed by atoms with E-state index in [0.29, 0.717) is 17.7 Å². The molecule has 1 heterocycles. The van der Waals surface area contributed by atoms with Crippen LogP contribution in [0.5, 0.6) is 0 Å². The van der Waals surface area contributed by atoms with Crippen molar-refractivity contribution >= 4 is 18.0 Å². The Balaban J connectivity index is 2.35. The molecule has 7 nitrogen and oxygen atoms in total. The van der Waals surface area contributed by atoms with Gasteiger partial charge in [-0.15, -0.1) is 0 Å². The van der Waals surface area contributed by atoms with E-state index in [1.165, 1.54) is 5.32 Å². The van der Waals surface area contributed by atoms with E-state index in [2.05, 4.69) is 4.74 Å². The molecule has 1 saturated carbocycles. The number of nitrogens with zero attached hydrogens (tertiary/aromatic N) is 1. The lowest BCUT2D eigenvalue weighted by Crippen LogP contribution is -2.69. The van der Waals surface area contributed by atoms with Crippen molar-refractivity contribution in [3.63, 3.8) is 0 Å². The van der Waals surface area contributed by atoms with Gasteiger partial charge in [-0.1, -0.05) is 12.8 Å². The number of amides is 4. The first-order valence-corrected chi connectivity index (χ1v) is 6.31. The van der Waals surface area contributed by atoms with E-state index in [4.69, 9.17) is 0 Å². The number of hydrogen-bond acceptors (Lipinski definition) is 4. The third-order valence-corrected chi connectivity index (χ3v) is 3.64. The second-order valence-electron chi connectivity index (χ2n) is 4.91. The molecule has 10 heteroatoms. The molecule has 118 valence electrons. The number of hydrogen-bond donors (Lipinski definition) is 2. The summed E-state index contributed by atoms with van der Waals surface area (Å²) < 4.78 is 43.9. The summed E-state index contributed by atoms with van der Waals surface area (Å²) in [7, 11) is 0.857. The van der Waals surface area contributed by atoms with Gasteiger partial charge in [0.1, 0.15) is 0 Å². The van der Waals surface area contributed by atoms with Crippen LogP contribution in [0.4, 0.5) is 22.8 Å². The van der Waals surface area contributed by atoms with Crippen molar-refractivity contribution in [2.75, 3.05) is 7.11 Å². The van der Waals surface area contributed by atoms with Crippen LogP contribution in [0.25, 0.3) is 0 Å². The Morgan fingerprint density at radius 3 is 2.43 bits per heavy atom. The Kier molecular flexibility index (Phi) is 3.72. The molecule has 0 spiro atoms. The SMILES string of the molecule is COC(=O)N[C@@]1(C(F)(F)F)NC(=O)N(C2CCCC2)C1=O. The molecule has 0 bridgehead atoms. The standard InChI is InChI=1S/C11H14F3N3O4/c1-21-9(20)16-10(11(12,13)14)7(18)17(8(19)15-10)6-4-2-3-5-6/h6H,2-5H2,1H3,(H,15,19)(H,16,20)/t10-/m0/s1. The predicted molar refractivity (Wildman–Crippen MR) is 62.0 cm³/mol. The number of nitrogens with one attached hydrogen (secondary N) is 2. The third-order valence-electron chi connectivity index (χ3n) is 3.64. The van der Waals surface area contributed by atoms with Crippen LogP contribution in [0.15, 0.2) is 0 Å². The van der Waals surface area contributed by atoms with Crippen LogP contribution in [0.1, 0.15) is 25.7 Å². The van der Waals surface area contributed by atoms with Crippen molar-refractivity contribution in [1.82, 2.24) is 15.5 Å². The molecule has 0 aromatic rings. The molecule has 0 aromatic heterocycles. The highest BCUT2D eigenvalue weighted by Crippen LogP contribution is 2.36. The smallest absolute Gasteiger partial charge is 0.440 e. The first kappa shape index (κ1) is 15.4. The van der Waals surface area contributed by atoms with Crippen molar-refractivity contribution in [2.45, 2.75) is 43.6 Å². The van der Waals surface area contributed by atoms with Crippen LogP contribution in [0.2, 0.25) is 0 Å². The Bertz CT molecular complexity index is 476. The van der Waals surface area contributed by atoms with Gasteiger partial charge >= 0.3 is 18.3 Å². The van der Waals surface area contributed by atoms with Gasteiger partial charge in [0.15, 0.2) is 0 Å². The average Bonchev–Trinajstić information content (AvgIpc) is 2.96. The van der Waals surface area contributed by atoms with Crippen LogP contribution in [-0.4, -0.2) is 47.9 Å². The minimum atomic E-state index is -5.19. The average molecular weight is 309 g/mol. The van der Waals surface area contributed by atoms with Crippen molar-refractivity contribution in [1.29, 1.82) is 0 Å². The fourth-order valence-corrected chi connectivity index (χ4v) is 2.59. The molecule has 1 aliphatic carbocycles. The van der Waals surface area contributed by atoms with Crippen LogP contribution in [0, 0.1) is 0 Å². The molecule has 2 fully saturated rings. The highest BCUT2D eigenvalue weighted by Gasteiger charge is 2.69. The molecule has 0 unspecified atom stereocenters. The number of carbonyl (C=O) groups excluding carboxylic acids is 3. The number of urea groups is 1.